The summed E-state index contributed by atoms with van der Waals surface area (Å²) in [6.07, 6.45) is 6.54. The van der Waals surface area contributed by atoms with E-state index in [1.54, 1.807) is 0 Å². The third-order valence-corrected chi connectivity index (χ3v) is 3.80. The van der Waals surface area contributed by atoms with Gasteiger partial charge in [0, 0.05) is 17.8 Å². The van der Waals surface area contributed by atoms with E-state index in [1.165, 1.54) is 18.4 Å². The molecule has 5 nitrogen and oxygen atoms in total. The first kappa shape index (κ1) is 18.2. The second-order valence-corrected chi connectivity index (χ2v) is 6.88. The van der Waals surface area contributed by atoms with E-state index in [4.69, 9.17) is 0 Å². The average Bonchev–Trinajstić information content (AvgIpc) is 3.06. The van der Waals surface area contributed by atoms with Crippen LogP contribution in [-0.2, 0) is 9.53 Å². The van der Waals surface area contributed by atoms with Crippen LogP contribution in [0.3, 0.4) is 0 Å². The highest BCUT2D eigenvalue weighted by molar-refractivity contribution is 5.57. The number of nitrogens with one attached hydrogen (secondary N) is 1. The summed E-state index contributed by atoms with van der Waals surface area (Å²) in [5, 5.41) is 3.39. The number of benzene rings is 1. The molecule has 1 saturated heterocycles. The third kappa shape index (κ3) is 5.81. The number of imidazole rings is 1. The summed E-state index contributed by atoms with van der Waals surface area (Å²) in [6, 6.07) is 11.0. The molecule has 2 heterocycles. The summed E-state index contributed by atoms with van der Waals surface area (Å²) in [5.41, 5.74) is 1.95. The van der Waals surface area contributed by atoms with Gasteiger partial charge in [0.1, 0.15) is 5.60 Å². The number of hydrogen-bond acceptors (Lipinski definition) is 4. The molecule has 3 rings (SSSR count). The van der Waals surface area contributed by atoms with E-state index in [0.29, 0.717) is 12.5 Å². The zero-order valence-electron chi connectivity index (χ0n) is 14.7. The van der Waals surface area contributed by atoms with Gasteiger partial charge in [-0.05, 0) is 46.7 Å². The molecule has 5 heteroatoms. The standard InChI is InChI=1S/C14H17N3.C5H10O2/c1-2-4-12(5-3-1)14-10-17(11-16-14)13-6-8-15-9-7-13;1-5(2,3)7-4-6/h1-5,10-11,13,15H,6-9H2;4H,1-3H3. The summed E-state index contributed by atoms with van der Waals surface area (Å²) < 4.78 is 6.82. The Labute approximate surface area is 144 Å². The summed E-state index contributed by atoms with van der Waals surface area (Å²) >= 11 is 0. The monoisotopic (exact) mass is 329 g/mol. The number of aromatic nitrogens is 2. The molecule has 0 atom stereocenters. The molecule has 0 spiro atoms. The maximum absolute atomic E-state index is 9.60. The van der Waals surface area contributed by atoms with Crippen LogP contribution in [0.2, 0.25) is 0 Å². The van der Waals surface area contributed by atoms with Crippen LogP contribution in [0.1, 0.15) is 39.7 Å². The summed E-state index contributed by atoms with van der Waals surface area (Å²) in [6.45, 7) is 8.15. The number of piperidine rings is 1. The first-order valence-electron chi connectivity index (χ1n) is 8.40. The van der Waals surface area contributed by atoms with Crippen LogP contribution in [0.15, 0.2) is 42.9 Å². The highest BCUT2D eigenvalue weighted by Crippen LogP contribution is 2.22. The molecule has 0 radical (unpaired) electrons. The van der Waals surface area contributed by atoms with E-state index in [9.17, 15) is 4.79 Å². The Morgan fingerprint density at radius 2 is 1.88 bits per heavy atom. The zero-order valence-corrected chi connectivity index (χ0v) is 14.7. The highest BCUT2D eigenvalue weighted by atomic mass is 16.5. The van der Waals surface area contributed by atoms with Crippen LogP contribution in [0.25, 0.3) is 11.3 Å². The molecule has 2 aromatic rings. The molecular formula is C19H27N3O2. The minimum absolute atomic E-state index is 0.318. The molecule has 24 heavy (non-hydrogen) atoms. The molecule has 1 aromatic carbocycles. The lowest BCUT2D eigenvalue weighted by Gasteiger charge is -2.23. The number of rotatable bonds is 3. The van der Waals surface area contributed by atoms with Gasteiger partial charge >= 0.3 is 0 Å². The third-order valence-electron chi connectivity index (χ3n) is 3.80. The minimum atomic E-state index is -0.318. The van der Waals surface area contributed by atoms with Gasteiger partial charge in [0.05, 0.1) is 12.0 Å². The van der Waals surface area contributed by atoms with Crippen molar-refractivity contribution in [1.29, 1.82) is 0 Å². The number of carbonyl (C=O) groups is 1. The average molecular weight is 329 g/mol. The fourth-order valence-electron chi connectivity index (χ4n) is 2.54. The Hall–Kier alpha value is -2.14. The van der Waals surface area contributed by atoms with Crippen molar-refractivity contribution >= 4 is 6.47 Å². The SMILES string of the molecule is CC(C)(C)OC=O.c1ccc(-c2cn(C3CCNCC3)cn2)cc1. The topological polar surface area (TPSA) is 56.1 Å². The lowest BCUT2D eigenvalue weighted by atomic mass is 10.1. The number of hydrogen-bond donors (Lipinski definition) is 1. The molecule has 130 valence electrons. The number of carbonyl (C=O) groups excluding carboxylic acids is 1. The quantitative estimate of drug-likeness (QED) is 0.877. The van der Waals surface area contributed by atoms with Gasteiger partial charge in [0.2, 0.25) is 0 Å². The largest absolute Gasteiger partial charge is 0.462 e. The van der Waals surface area contributed by atoms with Crippen LogP contribution in [0.5, 0.6) is 0 Å². The van der Waals surface area contributed by atoms with Crippen molar-refractivity contribution in [3.05, 3.63) is 42.9 Å². The van der Waals surface area contributed by atoms with Crippen molar-refractivity contribution in [3.8, 4) is 11.3 Å². The molecule has 1 fully saturated rings. The van der Waals surface area contributed by atoms with Gasteiger partial charge in [-0.1, -0.05) is 30.3 Å². The fourth-order valence-corrected chi connectivity index (χ4v) is 2.54. The second-order valence-electron chi connectivity index (χ2n) is 6.88. The van der Waals surface area contributed by atoms with Crippen molar-refractivity contribution < 1.29 is 9.53 Å². The summed E-state index contributed by atoms with van der Waals surface area (Å²) in [4.78, 5) is 14.1. The van der Waals surface area contributed by atoms with Crippen LogP contribution in [-0.4, -0.2) is 34.7 Å². The molecule has 1 aliphatic rings. The van der Waals surface area contributed by atoms with E-state index in [1.807, 2.05) is 33.2 Å². The van der Waals surface area contributed by atoms with Gasteiger partial charge < -0.3 is 14.6 Å². The molecule has 0 aliphatic carbocycles. The van der Waals surface area contributed by atoms with Gasteiger partial charge in [-0.2, -0.15) is 0 Å². The Morgan fingerprint density at radius 1 is 1.21 bits per heavy atom. The zero-order chi connectivity index (χ0) is 17.4. The van der Waals surface area contributed by atoms with Crippen LogP contribution < -0.4 is 5.32 Å². The normalized spacial score (nSPS) is 15.3. The minimum Gasteiger partial charge on any atom is -0.462 e. The Kier molecular flexibility index (Phi) is 6.55. The summed E-state index contributed by atoms with van der Waals surface area (Å²) in [5.74, 6) is 0. The first-order chi connectivity index (χ1) is 11.5. The van der Waals surface area contributed by atoms with Crippen molar-refractivity contribution in [2.75, 3.05) is 13.1 Å². The molecule has 1 aromatic heterocycles. The maximum Gasteiger partial charge on any atom is 0.293 e. The Morgan fingerprint density at radius 3 is 2.42 bits per heavy atom. The molecule has 0 bridgehead atoms. The van der Waals surface area contributed by atoms with Crippen LogP contribution >= 0.6 is 0 Å². The van der Waals surface area contributed by atoms with Gasteiger partial charge in [-0.3, -0.25) is 4.79 Å². The Bertz CT molecular complexity index is 611. The van der Waals surface area contributed by atoms with E-state index in [2.05, 4.69) is 50.1 Å². The lowest BCUT2D eigenvalue weighted by molar-refractivity contribution is -0.138. The van der Waals surface area contributed by atoms with Crippen molar-refractivity contribution in [2.24, 2.45) is 0 Å². The van der Waals surface area contributed by atoms with E-state index >= 15 is 0 Å². The smallest absolute Gasteiger partial charge is 0.293 e. The molecule has 0 amide bonds. The predicted octanol–water partition coefficient (Wildman–Crippen LogP) is 3.43. The molecule has 0 unspecified atom stereocenters. The van der Waals surface area contributed by atoms with Crippen molar-refractivity contribution in [3.63, 3.8) is 0 Å². The van der Waals surface area contributed by atoms with E-state index in [-0.39, 0.29) is 5.60 Å². The molecule has 1 aliphatic heterocycles. The van der Waals surface area contributed by atoms with Gasteiger partial charge in [-0.25, -0.2) is 4.98 Å². The van der Waals surface area contributed by atoms with Gasteiger partial charge in [0.15, 0.2) is 0 Å². The van der Waals surface area contributed by atoms with E-state index in [0.717, 1.165) is 18.8 Å². The Balaban J connectivity index is 0.000000256. The van der Waals surface area contributed by atoms with Gasteiger partial charge in [-0.15, -0.1) is 0 Å². The molecular weight excluding hydrogens is 302 g/mol. The van der Waals surface area contributed by atoms with Crippen LogP contribution in [0.4, 0.5) is 0 Å². The van der Waals surface area contributed by atoms with Crippen molar-refractivity contribution in [2.45, 2.75) is 45.3 Å². The summed E-state index contributed by atoms with van der Waals surface area (Å²) in [7, 11) is 0. The van der Waals surface area contributed by atoms with Gasteiger partial charge in [0.25, 0.3) is 6.47 Å². The fraction of sp³-hybridized carbons (Fsp3) is 0.474. The number of ether oxygens (including phenoxy) is 1. The highest BCUT2D eigenvalue weighted by Gasteiger charge is 2.15. The predicted molar refractivity (Wildman–Crippen MR) is 95.7 cm³/mol. The van der Waals surface area contributed by atoms with Crippen LogP contribution in [0, 0.1) is 0 Å². The van der Waals surface area contributed by atoms with Crippen molar-refractivity contribution in [1.82, 2.24) is 14.9 Å². The maximum atomic E-state index is 9.60. The second kappa shape index (κ2) is 8.64. The first-order valence-corrected chi connectivity index (χ1v) is 8.40. The lowest BCUT2D eigenvalue weighted by Crippen LogP contribution is -2.28. The van der Waals surface area contributed by atoms with E-state index < -0.39 is 0 Å². The molecule has 1 N–H and O–H groups in total. The number of nitrogens with zero attached hydrogens (tertiary/aromatic N) is 2. The molecule has 0 saturated carbocycles.